The summed E-state index contributed by atoms with van der Waals surface area (Å²) >= 11 is 0. The molecule has 1 aliphatic heterocycles. The van der Waals surface area contributed by atoms with E-state index in [4.69, 9.17) is 5.73 Å². The summed E-state index contributed by atoms with van der Waals surface area (Å²) in [4.78, 5) is 0. The average Bonchev–Trinajstić information content (AvgIpc) is 2.52. The molecule has 11 heavy (non-hydrogen) atoms. The second-order valence-corrected chi connectivity index (χ2v) is 2.82. The van der Waals surface area contributed by atoms with E-state index in [9.17, 15) is 0 Å². The molecule has 0 spiro atoms. The van der Waals surface area contributed by atoms with Crippen molar-refractivity contribution in [3.8, 4) is 0 Å². The zero-order valence-electron chi connectivity index (χ0n) is 7.01. The van der Waals surface area contributed by atoms with Gasteiger partial charge in [0.05, 0.1) is 0 Å². The minimum atomic E-state index is 0.496. The van der Waals surface area contributed by atoms with Crippen LogP contribution in [0.5, 0.6) is 0 Å². The van der Waals surface area contributed by atoms with E-state index in [0.717, 1.165) is 6.54 Å². The van der Waals surface area contributed by atoms with E-state index in [0.29, 0.717) is 6.04 Å². The van der Waals surface area contributed by atoms with Crippen molar-refractivity contribution in [1.29, 1.82) is 0 Å². The highest BCUT2D eigenvalue weighted by Crippen LogP contribution is 2.14. The Morgan fingerprint density at radius 1 is 1.64 bits per heavy atom. The first-order valence-electron chi connectivity index (χ1n) is 4.16. The van der Waals surface area contributed by atoms with Crippen LogP contribution >= 0.6 is 0 Å². The summed E-state index contributed by atoms with van der Waals surface area (Å²) in [5.41, 5.74) is 6.70. The van der Waals surface area contributed by atoms with Gasteiger partial charge in [0.1, 0.15) is 0 Å². The molecule has 0 amide bonds. The van der Waals surface area contributed by atoms with Crippen molar-refractivity contribution in [2.75, 3.05) is 6.54 Å². The van der Waals surface area contributed by atoms with Crippen LogP contribution in [0, 0.1) is 0 Å². The number of rotatable bonds is 2. The molecule has 1 atom stereocenters. The Bertz CT molecular complexity index is 164. The summed E-state index contributed by atoms with van der Waals surface area (Å²) in [5.74, 6) is 0. The molecular weight excluding hydrogens is 136 g/mol. The van der Waals surface area contributed by atoms with Crippen LogP contribution in [0.15, 0.2) is 23.9 Å². The van der Waals surface area contributed by atoms with Crippen LogP contribution in [-0.4, -0.2) is 12.6 Å². The minimum absolute atomic E-state index is 0.496. The van der Waals surface area contributed by atoms with Gasteiger partial charge in [-0.25, -0.2) is 0 Å². The van der Waals surface area contributed by atoms with Gasteiger partial charge in [0, 0.05) is 6.04 Å². The second kappa shape index (κ2) is 4.19. The van der Waals surface area contributed by atoms with Crippen molar-refractivity contribution < 1.29 is 0 Å². The molecule has 1 unspecified atom stereocenters. The van der Waals surface area contributed by atoms with Gasteiger partial charge in [0.2, 0.25) is 0 Å². The quantitative estimate of drug-likeness (QED) is 0.583. The molecular formula is C9H16N2. The molecule has 0 bridgehead atoms. The molecule has 1 aliphatic rings. The lowest BCUT2D eigenvalue weighted by Gasteiger charge is -2.09. The van der Waals surface area contributed by atoms with Gasteiger partial charge in [0.15, 0.2) is 0 Å². The fraction of sp³-hybridized carbons (Fsp3) is 0.556. The number of allylic oxidation sites excluding steroid dienone is 1. The summed E-state index contributed by atoms with van der Waals surface area (Å²) in [5, 5.41) is 3.39. The van der Waals surface area contributed by atoms with Gasteiger partial charge < -0.3 is 11.1 Å². The summed E-state index contributed by atoms with van der Waals surface area (Å²) in [6, 6.07) is 0.496. The Labute approximate surface area is 68.2 Å². The smallest absolute Gasteiger partial charge is 0.0334 e. The molecule has 1 saturated heterocycles. The lowest BCUT2D eigenvalue weighted by atomic mass is 10.1. The van der Waals surface area contributed by atoms with Crippen molar-refractivity contribution >= 4 is 0 Å². The Balaban J connectivity index is 2.54. The molecule has 3 N–H and O–H groups in total. The van der Waals surface area contributed by atoms with Gasteiger partial charge in [-0.3, -0.25) is 0 Å². The fourth-order valence-electron chi connectivity index (χ4n) is 1.45. The number of nitrogens with two attached hydrogens (primary N) is 1. The second-order valence-electron chi connectivity index (χ2n) is 2.82. The lowest BCUT2D eigenvalue weighted by molar-refractivity contribution is 0.701. The molecule has 0 radical (unpaired) electrons. The monoisotopic (exact) mass is 152 g/mol. The summed E-state index contributed by atoms with van der Waals surface area (Å²) in [6.07, 6.45) is 8.28. The van der Waals surface area contributed by atoms with Crippen molar-refractivity contribution in [2.24, 2.45) is 5.73 Å². The van der Waals surface area contributed by atoms with Crippen molar-refractivity contribution in [3.63, 3.8) is 0 Å². The maximum Gasteiger partial charge on any atom is 0.0334 e. The number of hydrogen-bond donors (Lipinski definition) is 2. The third-order valence-corrected chi connectivity index (χ3v) is 2.01. The fourth-order valence-corrected chi connectivity index (χ4v) is 1.45. The first kappa shape index (κ1) is 8.34. The zero-order chi connectivity index (χ0) is 8.10. The SMILES string of the molecule is C/C=C\C(=C/N)C1CCCN1. The number of hydrogen-bond acceptors (Lipinski definition) is 2. The van der Waals surface area contributed by atoms with Crippen molar-refractivity contribution in [1.82, 2.24) is 5.32 Å². The zero-order valence-corrected chi connectivity index (χ0v) is 7.01. The Morgan fingerprint density at radius 3 is 2.91 bits per heavy atom. The summed E-state index contributed by atoms with van der Waals surface area (Å²) in [7, 11) is 0. The first-order chi connectivity index (χ1) is 5.38. The predicted octanol–water partition coefficient (Wildman–Crippen LogP) is 1.16. The van der Waals surface area contributed by atoms with Crippen molar-refractivity contribution in [2.45, 2.75) is 25.8 Å². The Morgan fingerprint density at radius 2 is 2.45 bits per heavy atom. The Kier molecular flexibility index (Phi) is 3.17. The molecule has 1 fully saturated rings. The van der Waals surface area contributed by atoms with Crippen LogP contribution in [0.25, 0.3) is 0 Å². The standard InChI is InChI=1S/C9H16N2/c1-2-4-8(7-10)9-5-3-6-11-9/h2,4,7,9,11H,3,5-6,10H2,1H3/b4-2-,8-7+. The minimum Gasteiger partial charge on any atom is -0.404 e. The molecule has 62 valence electrons. The van der Waals surface area contributed by atoms with Crippen LogP contribution in [0.2, 0.25) is 0 Å². The van der Waals surface area contributed by atoms with E-state index in [2.05, 4.69) is 11.4 Å². The maximum atomic E-state index is 5.49. The van der Waals surface area contributed by atoms with Crippen LogP contribution in [-0.2, 0) is 0 Å². The van der Waals surface area contributed by atoms with Gasteiger partial charge in [-0.15, -0.1) is 0 Å². The van der Waals surface area contributed by atoms with Crippen LogP contribution in [0.4, 0.5) is 0 Å². The highest BCUT2D eigenvalue weighted by atomic mass is 14.9. The largest absolute Gasteiger partial charge is 0.404 e. The predicted molar refractivity (Wildman–Crippen MR) is 48.1 cm³/mol. The van der Waals surface area contributed by atoms with Gasteiger partial charge in [-0.2, -0.15) is 0 Å². The lowest BCUT2D eigenvalue weighted by Crippen LogP contribution is -2.23. The van der Waals surface area contributed by atoms with Gasteiger partial charge in [-0.1, -0.05) is 12.2 Å². The average molecular weight is 152 g/mol. The molecule has 0 aliphatic carbocycles. The molecule has 2 heteroatoms. The number of nitrogens with one attached hydrogen (secondary N) is 1. The molecule has 0 aromatic carbocycles. The molecule has 0 aromatic heterocycles. The van der Waals surface area contributed by atoms with E-state index in [1.165, 1.54) is 18.4 Å². The van der Waals surface area contributed by atoms with Crippen LogP contribution in [0.1, 0.15) is 19.8 Å². The van der Waals surface area contributed by atoms with E-state index >= 15 is 0 Å². The van der Waals surface area contributed by atoms with Crippen molar-refractivity contribution in [3.05, 3.63) is 23.9 Å². The van der Waals surface area contributed by atoms with E-state index < -0.39 is 0 Å². The third-order valence-electron chi connectivity index (χ3n) is 2.01. The molecule has 2 nitrogen and oxygen atoms in total. The summed E-state index contributed by atoms with van der Waals surface area (Å²) < 4.78 is 0. The highest BCUT2D eigenvalue weighted by molar-refractivity contribution is 5.24. The van der Waals surface area contributed by atoms with E-state index in [1.54, 1.807) is 6.20 Å². The molecule has 1 heterocycles. The molecule has 0 saturated carbocycles. The topological polar surface area (TPSA) is 38.0 Å². The van der Waals surface area contributed by atoms with E-state index in [-0.39, 0.29) is 0 Å². The van der Waals surface area contributed by atoms with Gasteiger partial charge in [-0.05, 0) is 38.1 Å². The van der Waals surface area contributed by atoms with Crippen LogP contribution < -0.4 is 11.1 Å². The molecule has 0 aromatic rings. The third kappa shape index (κ3) is 2.09. The van der Waals surface area contributed by atoms with Crippen LogP contribution in [0.3, 0.4) is 0 Å². The normalized spacial score (nSPS) is 26.6. The highest BCUT2D eigenvalue weighted by Gasteiger charge is 2.15. The maximum absolute atomic E-state index is 5.49. The summed E-state index contributed by atoms with van der Waals surface area (Å²) in [6.45, 7) is 3.14. The van der Waals surface area contributed by atoms with Gasteiger partial charge in [0.25, 0.3) is 0 Å². The van der Waals surface area contributed by atoms with E-state index in [1.807, 2.05) is 13.0 Å². The molecule has 1 rings (SSSR count). The first-order valence-corrected chi connectivity index (χ1v) is 4.16. The van der Waals surface area contributed by atoms with Gasteiger partial charge >= 0.3 is 0 Å². The Hall–Kier alpha value is -0.760.